The van der Waals surface area contributed by atoms with Crippen molar-refractivity contribution in [2.24, 2.45) is 0 Å². The van der Waals surface area contributed by atoms with Crippen molar-refractivity contribution in [2.45, 2.75) is 386 Å². The number of nitrogens with one attached hydrogen (secondary N) is 1. The zero-order valence-corrected chi connectivity index (χ0v) is 48.9. The smallest absolute Gasteiger partial charge is 0.305 e. The molecule has 0 rings (SSSR count). The van der Waals surface area contributed by atoms with E-state index in [-0.39, 0.29) is 18.5 Å². The first-order chi connectivity index (χ1) is 35.5. The highest BCUT2D eigenvalue weighted by Gasteiger charge is 2.18. The summed E-state index contributed by atoms with van der Waals surface area (Å²) < 4.78 is 5.51. The fourth-order valence-corrected chi connectivity index (χ4v) is 10.5. The first kappa shape index (κ1) is 70.6. The number of allylic oxidation sites excluding steroid dienone is 1. The number of aliphatic hydroxyl groups is 2. The molecule has 0 spiro atoms. The number of rotatable bonds is 62. The van der Waals surface area contributed by atoms with Crippen LogP contribution in [0.4, 0.5) is 0 Å². The Morgan fingerprint density at radius 2 is 0.639 bits per heavy atom. The molecule has 2 unspecified atom stereocenters. The molecule has 0 aromatic heterocycles. The lowest BCUT2D eigenvalue weighted by molar-refractivity contribution is -0.143. The molecule has 0 heterocycles. The van der Waals surface area contributed by atoms with Crippen LogP contribution in [0, 0.1) is 0 Å². The molecule has 0 radical (unpaired) electrons. The highest BCUT2D eigenvalue weighted by Crippen LogP contribution is 2.19. The second-order valence-electron chi connectivity index (χ2n) is 22.8. The zero-order chi connectivity index (χ0) is 52.2. The number of amides is 1. The van der Waals surface area contributed by atoms with E-state index in [1.807, 2.05) is 6.08 Å². The molecule has 0 aromatic carbocycles. The van der Waals surface area contributed by atoms with Gasteiger partial charge in [-0.25, -0.2) is 0 Å². The number of unbranched alkanes of at least 4 members (excludes halogenated alkanes) is 51. The van der Waals surface area contributed by atoms with Gasteiger partial charge in [-0.15, -0.1) is 0 Å². The summed E-state index contributed by atoms with van der Waals surface area (Å²) in [5.41, 5.74) is 0. The molecule has 0 saturated heterocycles. The van der Waals surface area contributed by atoms with E-state index in [2.05, 4.69) is 19.2 Å². The van der Waals surface area contributed by atoms with Crippen LogP contribution >= 0.6 is 0 Å². The van der Waals surface area contributed by atoms with Gasteiger partial charge in [-0.05, 0) is 32.1 Å². The third-order valence-corrected chi connectivity index (χ3v) is 15.6. The van der Waals surface area contributed by atoms with Gasteiger partial charge in [-0.1, -0.05) is 341 Å². The summed E-state index contributed by atoms with van der Waals surface area (Å²) in [4.78, 5) is 24.5. The lowest BCUT2D eigenvalue weighted by Crippen LogP contribution is -2.45. The molecule has 0 aliphatic heterocycles. The van der Waals surface area contributed by atoms with Crippen molar-refractivity contribution in [3.05, 3.63) is 12.2 Å². The predicted octanol–water partition coefficient (Wildman–Crippen LogP) is 20.8. The summed E-state index contributed by atoms with van der Waals surface area (Å²) in [6.45, 7) is 4.93. The van der Waals surface area contributed by atoms with E-state index >= 15 is 0 Å². The van der Waals surface area contributed by atoms with Crippen LogP contribution in [0.15, 0.2) is 12.2 Å². The Hall–Kier alpha value is -1.40. The van der Waals surface area contributed by atoms with Crippen molar-refractivity contribution in [1.82, 2.24) is 5.32 Å². The Bertz CT molecular complexity index is 1080. The second kappa shape index (κ2) is 62.1. The summed E-state index contributed by atoms with van der Waals surface area (Å²) in [6.07, 6.45) is 75.7. The van der Waals surface area contributed by atoms with Crippen molar-refractivity contribution in [2.75, 3.05) is 13.2 Å². The number of hydrogen-bond donors (Lipinski definition) is 3. The lowest BCUT2D eigenvalue weighted by Gasteiger charge is -2.20. The maximum absolute atomic E-state index is 12.4. The highest BCUT2D eigenvalue weighted by molar-refractivity contribution is 5.76. The van der Waals surface area contributed by atoms with Crippen LogP contribution in [0.25, 0.3) is 0 Å². The van der Waals surface area contributed by atoms with Crippen molar-refractivity contribution in [3.8, 4) is 0 Å². The van der Waals surface area contributed by atoms with Gasteiger partial charge in [0.2, 0.25) is 5.91 Å². The molecule has 0 aliphatic carbocycles. The van der Waals surface area contributed by atoms with Gasteiger partial charge in [0.25, 0.3) is 0 Å². The van der Waals surface area contributed by atoms with Crippen LogP contribution in [0.5, 0.6) is 0 Å². The number of carbonyl (C=O) groups is 2. The minimum Gasteiger partial charge on any atom is -0.466 e. The third kappa shape index (κ3) is 57.9. The van der Waals surface area contributed by atoms with Gasteiger partial charge >= 0.3 is 5.97 Å². The number of ether oxygens (including phenoxy) is 1. The van der Waals surface area contributed by atoms with Crippen molar-refractivity contribution in [3.63, 3.8) is 0 Å². The van der Waals surface area contributed by atoms with Gasteiger partial charge in [0.15, 0.2) is 0 Å². The second-order valence-corrected chi connectivity index (χ2v) is 22.8. The van der Waals surface area contributed by atoms with Gasteiger partial charge in [0, 0.05) is 12.8 Å². The Morgan fingerprint density at radius 1 is 0.375 bits per heavy atom. The average molecular weight is 1020 g/mol. The summed E-state index contributed by atoms with van der Waals surface area (Å²) >= 11 is 0. The Morgan fingerprint density at radius 3 is 0.944 bits per heavy atom. The van der Waals surface area contributed by atoms with E-state index in [0.717, 1.165) is 38.5 Å². The fourth-order valence-electron chi connectivity index (χ4n) is 10.5. The summed E-state index contributed by atoms with van der Waals surface area (Å²) in [5, 5.41) is 23.0. The van der Waals surface area contributed by atoms with E-state index in [1.165, 1.54) is 308 Å². The number of esters is 1. The third-order valence-electron chi connectivity index (χ3n) is 15.6. The summed E-state index contributed by atoms with van der Waals surface area (Å²) in [6, 6.07) is -0.624. The van der Waals surface area contributed by atoms with Gasteiger partial charge in [0.1, 0.15) is 0 Å². The molecule has 2 atom stereocenters. The van der Waals surface area contributed by atoms with Gasteiger partial charge in [0.05, 0.1) is 25.4 Å². The first-order valence-corrected chi connectivity index (χ1v) is 33.0. The quantitative estimate of drug-likeness (QED) is 0.0320. The van der Waals surface area contributed by atoms with Crippen molar-refractivity contribution >= 4 is 11.9 Å². The fraction of sp³-hybridized carbons (Fsp3) is 0.939. The molecule has 0 bridgehead atoms. The molecular weight excluding hydrogens is 887 g/mol. The standard InChI is InChI=1S/C66H129NO5/c1-3-5-7-9-11-13-15-16-17-18-26-30-33-36-40-44-48-52-56-60-66(71)72-61-57-53-49-45-41-37-34-31-28-25-23-21-19-20-22-24-27-29-32-35-39-43-47-51-55-59-65(70)67-63(62-68)64(69)58-54-50-46-42-38-14-12-10-8-6-4-2/h54,58,63-64,68-69H,3-53,55-57,59-62H2,1-2H3,(H,67,70)/b58-54+. The van der Waals surface area contributed by atoms with Gasteiger partial charge in [-0.2, -0.15) is 0 Å². The minimum atomic E-state index is -0.841. The van der Waals surface area contributed by atoms with E-state index < -0.39 is 12.1 Å². The van der Waals surface area contributed by atoms with E-state index in [1.54, 1.807) is 6.08 Å². The zero-order valence-electron chi connectivity index (χ0n) is 48.9. The Kier molecular flexibility index (Phi) is 60.9. The predicted molar refractivity (Wildman–Crippen MR) is 315 cm³/mol. The number of aliphatic hydroxyl groups excluding tert-OH is 2. The topological polar surface area (TPSA) is 95.9 Å². The van der Waals surface area contributed by atoms with E-state index in [4.69, 9.17) is 4.74 Å². The molecule has 6 heteroatoms. The minimum absolute atomic E-state index is 0.0214. The Labute approximate surface area is 450 Å². The number of hydrogen-bond acceptors (Lipinski definition) is 5. The molecule has 6 nitrogen and oxygen atoms in total. The lowest BCUT2D eigenvalue weighted by atomic mass is 10.0. The maximum atomic E-state index is 12.4. The van der Waals surface area contributed by atoms with Crippen LogP contribution < -0.4 is 5.32 Å². The molecule has 72 heavy (non-hydrogen) atoms. The van der Waals surface area contributed by atoms with Gasteiger partial charge in [-0.3, -0.25) is 9.59 Å². The largest absolute Gasteiger partial charge is 0.466 e. The van der Waals surface area contributed by atoms with Crippen LogP contribution in [0.1, 0.15) is 373 Å². The average Bonchev–Trinajstić information content (AvgIpc) is 3.38. The van der Waals surface area contributed by atoms with Crippen molar-refractivity contribution < 1.29 is 24.5 Å². The highest BCUT2D eigenvalue weighted by atomic mass is 16.5. The van der Waals surface area contributed by atoms with Crippen LogP contribution in [-0.4, -0.2) is 47.4 Å². The van der Waals surface area contributed by atoms with Crippen LogP contribution in [0.2, 0.25) is 0 Å². The molecule has 0 saturated carbocycles. The van der Waals surface area contributed by atoms with Crippen LogP contribution in [-0.2, 0) is 14.3 Å². The molecule has 0 fully saturated rings. The van der Waals surface area contributed by atoms with Crippen molar-refractivity contribution in [1.29, 1.82) is 0 Å². The summed E-state index contributed by atoms with van der Waals surface area (Å²) in [5.74, 6) is -0.0443. The van der Waals surface area contributed by atoms with E-state index in [0.29, 0.717) is 19.4 Å². The molecule has 428 valence electrons. The monoisotopic (exact) mass is 1020 g/mol. The number of carbonyl (C=O) groups excluding carboxylic acids is 2. The Balaban J connectivity index is 3.32. The summed E-state index contributed by atoms with van der Waals surface area (Å²) in [7, 11) is 0. The molecule has 1 amide bonds. The maximum Gasteiger partial charge on any atom is 0.305 e. The van der Waals surface area contributed by atoms with Gasteiger partial charge < -0.3 is 20.3 Å². The van der Waals surface area contributed by atoms with E-state index in [9.17, 15) is 19.8 Å². The normalized spacial score (nSPS) is 12.6. The van der Waals surface area contributed by atoms with Crippen LogP contribution in [0.3, 0.4) is 0 Å². The molecule has 0 aromatic rings. The first-order valence-electron chi connectivity index (χ1n) is 33.0. The molecule has 3 N–H and O–H groups in total. The molecular formula is C66H129NO5. The molecule has 0 aliphatic rings. The SMILES string of the molecule is CCCCCCCCCCC/C=C/C(O)C(CO)NC(=O)CCCCCCCCCCCCCCCCCCCCCCCCCCCOC(=O)CCCCCCCCCCCCCCCCCCCCC.